The van der Waals surface area contributed by atoms with Gasteiger partial charge in [-0.2, -0.15) is 10.4 Å². The zero-order valence-corrected chi connectivity index (χ0v) is 24.5. The van der Waals surface area contributed by atoms with Crippen molar-refractivity contribution in [1.82, 2.24) is 19.7 Å². The fraction of sp³-hybridized carbons (Fsp3) is 0.481. The highest BCUT2D eigenvalue weighted by molar-refractivity contribution is 7.37. The number of carbonyl (C=O) groups is 1. The first-order valence-electron chi connectivity index (χ1n) is 13.6. The van der Waals surface area contributed by atoms with Crippen molar-refractivity contribution in [3.63, 3.8) is 0 Å². The van der Waals surface area contributed by atoms with Crippen LogP contribution in [0.3, 0.4) is 0 Å². The molecule has 3 heterocycles. The van der Waals surface area contributed by atoms with E-state index in [1.165, 1.54) is 29.9 Å². The third-order valence-electron chi connectivity index (χ3n) is 7.25. The Morgan fingerprint density at radius 3 is 2.67 bits per heavy atom. The summed E-state index contributed by atoms with van der Waals surface area (Å²) in [5.41, 5.74) is 4.47. The Morgan fingerprint density at radius 2 is 1.98 bits per heavy atom. The van der Waals surface area contributed by atoms with E-state index in [4.69, 9.17) is 24.5 Å². The first kappa shape index (κ1) is 31.2. The largest absolute Gasteiger partial charge is 0.487 e. The summed E-state index contributed by atoms with van der Waals surface area (Å²) in [7, 11) is -2.96. The van der Waals surface area contributed by atoms with Crippen LogP contribution < -0.4 is 20.1 Å². The average molecular weight is 603 g/mol. The quantitative estimate of drug-likeness (QED) is 0.163. The molecule has 1 aromatic carbocycles. The number of aliphatic hydroxyl groups is 2. The van der Waals surface area contributed by atoms with Crippen LogP contribution in [0.15, 0.2) is 42.7 Å². The highest BCUT2D eigenvalue weighted by Gasteiger charge is 2.57. The van der Waals surface area contributed by atoms with E-state index < -0.39 is 44.1 Å². The number of carbonyl (C=O) groups excluding carboxylic acids is 1. The monoisotopic (exact) mass is 602 g/mol. The maximum Gasteiger partial charge on any atom is 0.323 e. The lowest BCUT2D eigenvalue weighted by molar-refractivity contribution is -0.146. The van der Waals surface area contributed by atoms with Crippen LogP contribution in [0, 0.1) is 17.2 Å². The van der Waals surface area contributed by atoms with Crippen molar-refractivity contribution in [2.75, 3.05) is 18.9 Å². The lowest BCUT2D eigenvalue weighted by Gasteiger charge is -2.24. The smallest absolute Gasteiger partial charge is 0.323 e. The van der Waals surface area contributed by atoms with Crippen molar-refractivity contribution < 1.29 is 38.3 Å². The van der Waals surface area contributed by atoms with E-state index in [0.717, 1.165) is 12.8 Å². The SMILES string of the molecule is CCC(CC)COC(=O)C(C)N[PH](=O)Oc1ccccc1OC[C@H]1O[C@@](C#N)(c2ccc3c(N)ncnn23)[C@H](O)[C@@H]1O. The average Bonchev–Trinajstić information content (AvgIpc) is 3.53. The van der Waals surface area contributed by atoms with Gasteiger partial charge in [0.2, 0.25) is 5.60 Å². The van der Waals surface area contributed by atoms with E-state index in [2.05, 4.69) is 15.2 Å². The number of anilines is 1. The Kier molecular flexibility index (Phi) is 10.0. The Bertz CT molecular complexity index is 1460. The third kappa shape index (κ3) is 6.35. The fourth-order valence-corrected chi connectivity index (χ4v) is 5.49. The van der Waals surface area contributed by atoms with E-state index in [9.17, 15) is 24.8 Å². The number of fused-ring (bicyclic) bond motifs is 1. The summed E-state index contributed by atoms with van der Waals surface area (Å²) in [4.78, 5) is 16.2. The Labute approximate surface area is 243 Å². The highest BCUT2D eigenvalue weighted by atomic mass is 31.1. The summed E-state index contributed by atoms with van der Waals surface area (Å²) in [6.45, 7) is 5.57. The lowest BCUT2D eigenvalue weighted by Crippen LogP contribution is -2.41. The molecule has 14 nitrogen and oxygen atoms in total. The molecule has 2 unspecified atom stereocenters. The Balaban J connectivity index is 1.41. The summed E-state index contributed by atoms with van der Waals surface area (Å²) in [6, 6.07) is 10.6. The number of hydrogen-bond donors (Lipinski definition) is 4. The van der Waals surface area contributed by atoms with Crippen molar-refractivity contribution in [2.24, 2.45) is 5.92 Å². The molecule has 1 aliphatic heterocycles. The van der Waals surface area contributed by atoms with Gasteiger partial charge in [0.15, 0.2) is 17.3 Å². The fourth-order valence-electron chi connectivity index (χ4n) is 4.59. The highest BCUT2D eigenvalue weighted by Crippen LogP contribution is 2.41. The number of aliphatic hydroxyl groups excluding tert-OH is 2. The Hall–Kier alpha value is -3.73. The molecular formula is C27H35N6O8P. The van der Waals surface area contributed by atoms with Gasteiger partial charge in [-0.15, -0.1) is 0 Å². The first-order chi connectivity index (χ1) is 20.1. The summed E-state index contributed by atoms with van der Waals surface area (Å²) in [5, 5.41) is 38.5. The van der Waals surface area contributed by atoms with Crippen LogP contribution >= 0.6 is 8.18 Å². The van der Waals surface area contributed by atoms with Crippen LogP contribution in [0.4, 0.5) is 5.82 Å². The van der Waals surface area contributed by atoms with Gasteiger partial charge in [-0.3, -0.25) is 9.36 Å². The van der Waals surface area contributed by atoms with Crippen LogP contribution in [0.25, 0.3) is 5.52 Å². The van der Waals surface area contributed by atoms with E-state index in [1.54, 1.807) is 24.3 Å². The second kappa shape index (κ2) is 13.5. The number of benzene rings is 1. The van der Waals surface area contributed by atoms with Crippen LogP contribution in [0.5, 0.6) is 11.5 Å². The van der Waals surface area contributed by atoms with Crippen molar-refractivity contribution in [1.29, 1.82) is 5.26 Å². The van der Waals surface area contributed by atoms with Crippen LogP contribution in [0.2, 0.25) is 0 Å². The second-order valence-corrected chi connectivity index (χ2v) is 11.0. The van der Waals surface area contributed by atoms with Gasteiger partial charge in [-0.05, 0) is 37.1 Å². The zero-order valence-electron chi connectivity index (χ0n) is 23.5. The number of nitrogens with two attached hydrogens (primary N) is 1. The molecule has 1 fully saturated rings. The molecule has 226 valence electrons. The van der Waals surface area contributed by atoms with Crippen molar-refractivity contribution in [3.8, 4) is 17.6 Å². The number of nitriles is 1. The van der Waals surface area contributed by atoms with Gasteiger partial charge in [-0.1, -0.05) is 38.8 Å². The lowest BCUT2D eigenvalue weighted by atomic mass is 9.92. The normalized spacial score (nSPS) is 23.4. The summed E-state index contributed by atoms with van der Waals surface area (Å²) < 4.78 is 36.6. The number of nitrogens with zero attached hydrogens (tertiary/aromatic N) is 4. The molecule has 2 aromatic heterocycles. The van der Waals surface area contributed by atoms with Gasteiger partial charge >= 0.3 is 14.1 Å². The molecule has 0 spiro atoms. The summed E-state index contributed by atoms with van der Waals surface area (Å²) in [5.74, 6) is 0.155. The van der Waals surface area contributed by atoms with Gasteiger partial charge in [0.05, 0.1) is 12.3 Å². The van der Waals surface area contributed by atoms with Crippen LogP contribution in [0.1, 0.15) is 39.3 Å². The number of aromatic nitrogens is 3. The number of rotatable bonds is 13. The minimum Gasteiger partial charge on any atom is -0.487 e. The minimum atomic E-state index is -2.96. The maximum atomic E-state index is 12.7. The van der Waals surface area contributed by atoms with Crippen LogP contribution in [-0.4, -0.2) is 68.3 Å². The van der Waals surface area contributed by atoms with Crippen molar-refractivity contribution in [2.45, 2.75) is 63.6 Å². The topological polar surface area (TPSA) is 204 Å². The first-order valence-corrected chi connectivity index (χ1v) is 14.9. The number of nitrogens with one attached hydrogen (secondary N) is 1. The number of para-hydroxylation sites is 2. The third-order valence-corrected chi connectivity index (χ3v) is 8.32. The molecule has 5 N–H and O–H groups in total. The summed E-state index contributed by atoms with van der Waals surface area (Å²) >= 11 is 0. The van der Waals surface area contributed by atoms with E-state index in [-0.39, 0.29) is 42.1 Å². The maximum absolute atomic E-state index is 12.7. The van der Waals surface area contributed by atoms with E-state index in [1.807, 2.05) is 19.9 Å². The number of ether oxygens (including phenoxy) is 3. The molecule has 6 atom stereocenters. The molecule has 0 aliphatic carbocycles. The molecule has 0 amide bonds. The number of nitrogen functional groups attached to an aromatic ring is 1. The summed E-state index contributed by atoms with van der Waals surface area (Å²) in [6.07, 6.45) is -1.33. The molecule has 0 radical (unpaired) electrons. The van der Waals surface area contributed by atoms with Crippen molar-refractivity contribution >= 4 is 25.5 Å². The number of hydrogen-bond acceptors (Lipinski definition) is 12. The predicted octanol–water partition coefficient (Wildman–Crippen LogP) is 1.96. The Morgan fingerprint density at radius 1 is 1.26 bits per heavy atom. The van der Waals surface area contributed by atoms with E-state index in [0.29, 0.717) is 5.52 Å². The van der Waals surface area contributed by atoms with Gasteiger partial charge in [0.1, 0.15) is 48.9 Å². The van der Waals surface area contributed by atoms with Gasteiger partial charge in [-0.25, -0.2) is 14.6 Å². The number of esters is 1. The van der Waals surface area contributed by atoms with Crippen molar-refractivity contribution in [3.05, 3.63) is 48.4 Å². The van der Waals surface area contributed by atoms with Crippen LogP contribution in [-0.2, 0) is 24.4 Å². The van der Waals surface area contributed by atoms with Gasteiger partial charge < -0.3 is 34.7 Å². The molecule has 0 bridgehead atoms. The standard InChI is InChI=1S/C27H35N6O8P/c1-4-17(5-2)12-39-26(36)16(3)32-42(37)41-20-9-7-6-8-19(20)38-13-21-23(34)24(35)27(14-28,40-21)22-11-10-18-25(29)30-15-31-33(18)22/h6-11,15-17,21,23-24,34-35,42H,4-5,12-13H2,1-3H3,(H,32,37)(H2,29,30,31)/t16?,21-,23-,24-,27+/m1/s1. The van der Waals surface area contributed by atoms with Gasteiger partial charge in [0.25, 0.3) is 0 Å². The molecule has 3 aromatic rings. The van der Waals surface area contributed by atoms with Gasteiger partial charge in [0, 0.05) is 0 Å². The predicted molar refractivity (Wildman–Crippen MR) is 151 cm³/mol. The molecule has 0 saturated carbocycles. The second-order valence-electron chi connectivity index (χ2n) is 9.93. The van der Waals surface area contributed by atoms with E-state index >= 15 is 0 Å². The molecule has 42 heavy (non-hydrogen) atoms. The molecule has 1 saturated heterocycles. The molecule has 15 heteroatoms. The minimum absolute atomic E-state index is 0.107. The molecular weight excluding hydrogens is 567 g/mol. The molecule has 4 rings (SSSR count). The molecule has 1 aliphatic rings. The zero-order chi connectivity index (χ0) is 30.4.